The second-order valence-corrected chi connectivity index (χ2v) is 7.02. The first-order valence-corrected chi connectivity index (χ1v) is 8.63. The first kappa shape index (κ1) is 15.4. The van der Waals surface area contributed by atoms with Gasteiger partial charge in [0.25, 0.3) is 0 Å². The number of piperidine rings is 1. The van der Waals surface area contributed by atoms with Crippen LogP contribution in [0.1, 0.15) is 28.2 Å². The van der Waals surface area contributed by atoms with Crippen molar-refractivity contribution in [3.63, 3.8) is 0 Å². The summed E-state index contributed by atoms with van der Waals surface area (Å²) in [6.07, 6.45) is 3.46. The number of anilines is 2. The minimum Gasteiger partial charge on any atom is -0.383 e. The maximum Gasteiger partial charge on any atom is 0.225 e. The molecule has 2 aromatic rings. The zero-order valence-corrected chi connectivity index (χ0v) is 14.2. The van der Waals surface area contributed by atoms with E-state index in [0.29, 0.717) is 15.0 Å². The number of halogens is 1. The molecule has 1 aliphatic rings. The predicted octanol–water partition coefficient (Wildman–Crippen LogP) is 2.04. The molecule has 8 heteroatoms. The fourth-order valence-corrected chi connectivity index (χ4v) is 3.50. The average molecular weight is 382 g/mol. The van der Waals surface area contributed by atoms with E-state index in [9.17, 15) is 4.79 Å². The molecule has 3 heterocycles. The molecule has 3 rings (SSSR count). The van der Waals surface area contributed by atoms with Crippen LogP contribution in [0.2, 0.25) is 0 Å². The Bertz CT molecular complexity index is 696. The van der Waals surface area contributed by atoms with Crippen molar-refractivity contribution in [2.75, 3.05) is 23.7 Å². The van der Waals surface area contributed by atoms with E-state index in [1.54, 1.807) is 12.3 Å². The molecule has 0 saturated carbocycles. The van der Waals surface area contributed by atoms with Gasteiger partial charge >= 0.3 is 0 Å². The van der Waals surface area contributed by atoms with Gasteiger partial charge in [0.2, 0.25) is 5.78 Å². The monoisotopic (exact) mass is 381 g/mol. The first-order valence-electron chi connectivity index (χ1n) is 6.96. The lowest BCUT2D eigenvalue weighted by Crippen LogP contribution is -2.39. The molecule has 6 nitrogen and oxygen atoms in total. The van der Waals surface area contributed by atoms with E-state index in [0.717, 1.165) is 31.7 Å². The Morgan fingerprint density at radius 3 is 2.86 bits per heavy atom. The third kappa shape index (κ3) is 3.13. The van der Waals surface area contributed by atoms with Crippen molar-refractivity contribution in [1.82, 2.24) is 9.97 Å². The van der Waals surface area contributed by atoms with Crippen LogP contribution < -0.4 is 16.4 Å². The molecule has 0 radical (unpaired) electrons. The summed E-state index contributed by atoms with van der Waals surface area (Å²) in [5, 5.41) is 2.34. The number of carbonyl (C=O) groups is 1. The van der Waals surface area contributed by atoms with Gasteiger partial charge in [-0.15, -0.1) is 11.3 Å². The number of hydrogen-bond donors (Lipinski definition) is 2. The second-order valence-electron chi connectivity index (χ2n) is 5.25. The lowest BCUT2D eigenvalue weighted by molar-refractivity contribution is 0.103. The summed E-state index contributed by atoms with van der Waals surface area (Å²) < 4.78 is 0.715. The number of hydrogen-bond acceptors (Lipinski definition) is 7. The topological polar surface area (TPSA) is 98.1 Å². The Hall–Kier alpha value is -1.51. The fourth-order valence-electron chi connectivity index (χ4n) is 2.39. The number of nitrogen functional groups attached to an aromatic ring is 1. The SMILES string of the molecule is Nc1ncc(Br)cc1C(=O)c1nc(N2CCC(N)CC2)cs1. The van der Waals surface area contributed by atoms with E-state index in [2.05, 4.69) is 30.8 Å². The van der Waals surface area contributed by atoms with Gasteiger partial charge in [0.15, 0.2) is 5.01 Å². The van der Waals surface area contributed by atoms with E-state index in [4.69, 9.17) is 11.5 Å². The molecule has 0 spiro atoms. The van der Waals surface area contributed by atoms with E-state index >= 15 is 0 Å². The Morgan fingerprint density at radius 2 is 2.14 bits per heavy atom. The minimum atomic E-state index is -0.198. The molecule has 0 aliphatic carbocycles. The normalized spacial score (nSPS) is 16.0. The second kappa shape index (κ2) is 6.31. The van der Waals surface area contributed by atoms with Crippen LogP contribution in [0.25, 0.3) is 0 Å². The predicted molar refractivity (Wildman–Crippen MR) is 91.3 cm³/mol. The van der Waals surface area contributed by atoms with Crippen LogP contribution in [0.15, 0.2) is 22.1 Å². The van der Waals surface area contributed by atoms with E-state index < -0.39 is 0 Å². The third-order valence-corrected chi connectivity index (χ3v) is 4.94. The molecule has 2 aromatic heterocycles. The smallest absolute Gasteiger partial charge is 0.225 e. The molecule has 0 aromatic carbocycles. The van der Waals surface area contributed by atoms with Crippen LogP contribution in [-0.2, 0) is 0 Å². The summed E-state index contributed by atoms with van der Waals surface area (Å²) in [6, 6.07) is 1.94. The van der Waals surface area contributed by atoms with Gasteiger partial charge in [0.1, 0.15) is 11.6 Å². The summed E-state index contributed by atoms with van der Waals surface area (Å²) in [7, 11) is 0. The summed E-state index contributed by atoms with van der Waals surface area (Å²) in [6.45, 7) is 1.75. The molecule has 1 aliphatic heterocycles. The lowest BCUT2D eigenvalue weighted by atomic mass is 10.1. The Kier molecular flexibility index (Phi) is 4.42. The highest BCUT2D eigenvalue weighted by atomic mass is 79.9. The summed E-state index contributed by atoms with van der Waals surface area (Å²) in [5.41, 5.74) is 12.1. The van der Waals surface area contributed by atoms with Gasteiger partial charge in [-0.05, 0) is 34.8 Å². The maximum atomic E-state index is 12.5. The number of thiazole rings is 1. The molecule has 0 amide bonds. The Morgan fingerprint density at radius 1 is 1.41 bits per heavy atom. The molecule has 0 atom stereocenters. The summed E-state index contributed by atoms with van der Waals surface area (Å²) in [4.78, 5) is 23.2. The molecule has 116 valence electrons. The molecule has 1 fully saturated rings. The van der Waals surface area contributed by atoms with Gasteiger partial charge in [-0.2, -0.15) is 0 Å². The van der Waals surface area contributed by atoms with E-state index in [1.807, 2.05) is 5.38 Å². The molecular formula is C14H16BrN5OS. The first-order chi connectivity index (χ1) is 10.5. The van der Waals surface area contributed by atoms with Gasteiger partial charge in [0, 0.05) is 35.2 Å². The van der Waals surface area contributed by atoms with Crippen LogP contribution in [-0.4, -0.2) is 34.9 Å². The van der Waals surface area contributed by atoms with Gasteiger partial charge in [-0.1, -0.05) is 0 Å². The number of pyridine rings is 1. The molecule has 0 unspecified atom stereocenters. The van der Waals surface area contributed by atoms with Crippen LogP contribution >= 0.6 is 27.3 Å². The number of ketones is 1. The number of nitrogens with two attached hydrogens (primary N) is 2. The number of rotatable bonds is 3. The van der Waals surface area contributed by atoms with Gasteiger partial charge < -0.3 is 16.4 Å². The number of aromatic nitrogens is 2. The summed E-state index contributed by atoms with van der Waals surface area (Å²) >= 11 is 4.63. The highest BCUT2D eigenvalue weighted by Gasteiger charge is 2.22. The van der Waals surface area contributed by atoms with Crippen LogP contribution in [0.5, 0.6) is 0 Å². The fraction of sp³-hybridized carbons (Fsp3) is 0.357. The number of nitrogens with zero attached hydrogens (tertiary/aromatic N) is 3. The average Bonchev–Trinajstić information content (AvgIpc) is 2.99. The zero-order chi connectivity index (χ0) is 15.7. The highest BCUT2D eigenvalue weighted by molar-refractivity contribution is 9.10. The third-order valence-electron chi connectivity index (χ3n) is 3.68. The Labute approximate surface area is 140 Å². The van der Waals surface area contributed by atoms with Crippen LogP contribution in [0.4, 0.5) is 11.6 Å². The van der Waals surface area contributed by atoms with Crippen molar-refractivity contribution in [3.8, 4) is 0 Å². The maximum absolute atomic E-state index is 12.5. The van der Waals surface area contributed by atoms with Crippen molar-refractivity contribution in [2.24, 2.45) is 5.73 Å². The van der Waals surface area contributed by atoms with Crippen molar-refractivity contribution in [2.45, 2.75) is 18.9 Å². The van der Waals surface area contributed by atoms with Gasteiger partial charge in [-0.25, -0.2) is 9.97 Å². The van der Waals surface area contributed by atoms with Gasteiger partial charge in [0.05, 0.1) is 5.56 Å². The quantitative estimate of drug-likeness (QED) is 0.789. The van der Waals surface area contributed by atoms with Crippen molar-refractivity contribution in [1.29, 1.82) is 0 Å². The standard InChI is InChI=1S/C14H16BrN5OS/c15-8-5-10(13(17)18-6-8)12(21)14-19-11(7-22-14)20-3-1-9(16)2-4-20/h5-7,9H,1-4,16H2,(H2,17,18). The van der Waals surface area contributed by atoms with Crippen molar-refractivity contribution < 1.29 is 4.79 Å². The van der Waals surface area contributed by atoms with E-state index in [1.165, 1.54) is 11.3 Å². The molecule has 22 heavy (non-hydrogen) atoms. The van der Waals surface area contributed by atoms with Crippen molar-refractivity contribution in [3.05, 3.63) is 32.7 Å². The molecular weight excluding hydrogens is 366 g/mol. The lowest BCUT2D eigenvalue weighted by Gasteiger charge is -2.30. The number of carbonyl (C=O) groups excluding carboxylic acids is 1. The van der Waals surface area contributed by atoms with E-state index in [-0.39, 0.29) is 17.6 Å². The largest absolute Gasteiger partial charge is 0.383 e. The summed E-state index contributed by atoms with van der Waals surface area (Å²) in [5.74, 6) is 0.854. The van der Waals surface area contributed by atoms with Crippen LogP contribution in [0, 0.1) is 0 Å². The van der Waals surface area contributed by atoms with Gasteiger partial charge in [-0.3, -0.25) is 4.79 Å². The van der Waals surface area contributed by atoms with Crippen molar-refractivity contribution >= 4 is 44.7 Å². The molecule has 4 N–H and O–H groups in total. The minimum absolute atomic E-state index is 0.198. The highest BCUT2D eigenvalue weighted by Crippen LogP contribution is 2.25. The zero-order valence-electron chi connectivity index (χ0n) is 11.8. The Balaban J connectivity index is 1.81. The molecule has 0 bridgehead atoms. The van der Waals surface area contributed by atoms with Crippen LogP contribution in [0.3, 0.4) is 0 Å². The molecule has 1 saturated heterocycles.